The maximum Gasteiger partial charge on any atom is 0.220 e. The number of amides is 1. The molecule has 2 bridgehead atoms. The molecule has 2 aromatic carbocycles. The third kappa shape index (κ3) is 5.04. The lowest BCUT2D eigenvalue weighted by molar-refractivity contribution is -0.122. The summed E-state index contributed by atoms with van der Waals surface area (Å²) in [7, 11) is 0. The molecule has 2 aromatic rings. The van der Waals surface area contributed by atoms with Gasteiger partial charge in [-0.15, -0.1) is 12.4 Å². The normalized spacial score (nSPS) is 23.5. The van der Waals surface area contributed by atoms with Gasteiger partial charge in [0.05, 0.1) is 0 Å². The Balaban J connectivity index is 0.00000210. The SMILES string of the molecule is Cl.O=C(CC1CC2CCC(C1)N2)NCc1ccccc1-c1ccc(Cl)cc1. The number of rotatable bonds is 5. The van der Waals surface area contributed by atoms with Gasteiger partial charge in [0.25, 0.3) is 0 Å². The van der Waals surface area contributed by atoms with Crippen LogP contribution < -0.4 is 10.6 Å². The number of carbonyl (C=O) groups is 1. The molecule has 2 atom stereocenters. The molecule has 3 nitrogen and oxygen atoms in total. The number of hydrogen-bond donors (Lipinski definition) is 2. The first-order valence-corrected chi connectivity index (χ1v) is 9.92. The van der Waals surface area contributed by atoms with Crippen molar-refractivity contribution < 1.29 is 4.79 Å². The van der Waals surface area contributed by atoms with Gasteiger partial charge in [0.15, 0.2) is 0 Å². The Bertz CT molecular complexity index is 766. The molecule has 1 amide bonds. The van der Waals surface area contributed by atoms with Crippen LogP contribution in [0, 0.1) is 5.92 Å². The fraction of sp³-hybridized carbons (Fsp3) is 0.409. The van der Waals surface area contributed by atoms with Crippen molar-refractivity contribution in [3.63, 3.8) is 0 Å². The third-order valence-corrected chi connectivity index (χ3v) is 5.95. The van der Waals surface area contributed by atoms with Crippen LogP contribution in [-0.4, -0.2) is 18.0 Å². The van der Waals surface area contributed by atoms with Gasteiger partial charge in [-0.1, -0.05) is 48.0 Å². The van der Waals surface area contributed by atoms with Crippen molar-refractivity contribution >= 4 is 29.9 Å². The zero-order valence-electron chi connectivity index (χ0n) is 15.3. The number of carbonyl (C=O) groups excluding carboxylic acids is 1. The maximum absolute atomic E-state index is 12.5. The Kier molecular flexibility index (Phi) is 6.80. The molecule has 5 heteroatoms. The van der Waals surface area contributed by atoms with E-state index in [9.17, 15) is 4.79 Å². The highest BCUT2D eigenvalue weighted by Gasteiger charge is 2.34. The van der Waals surface area contributed by atoms with Crippen molar-refractivity contribution in [2.24, 2.45) is 5.92 Å². The Labute approximate surface area is 172 Å². The standard InChI is InChI=1S/C22H25ClN2O.ClH/c23-18-7-5-16(6-8-18)21-4-2-1-3-17(21)14-24-22(26)13-15-11-19-9-10-20(12-15)25-19;/h1-8,15,19-20,25H,9-14H2,(H,24,26);1H. The van der Waals surface area contributed by atoms with Crippen molar-refractivity contribution in [2.75, 3.05) is 0 Å². The smallest absolute Gasteiger partial charge is 0.220 e. The van der Waals surface area contributed by atoms with E-state index in [1.807, 2.05) is 36.4 Å². The monoisotopic (exact) mass is 404 g/mol. The summed E-state index contributed by atoms with van der Waals surface area (Å²) in [6.07, 6.45) is 5.49. The highest BCUT2D eigenvalue weighted by Crippen LogP contribution is 2.32. The number of benzene rings is 2. The summed E-state index contributed by atoms with van der Waals surface area (Å²) in [5.41, 5.74) is 3.40. The summed E-state index contributed by atoms with van der Waals surface area (Å²) in [6, 6.07) is 17.3. The molecule has 144 valence electrons. The summed E-state index contributed by atoms with van der Waals surface area (Å²) in [4.78, 5) is 12.5. The zero-order valence-corrected chi connectivity index (χ0v) is 16.9. The average Bonchev–Trinajstić information content (AvgIpc) is 2.99. The van der Waals surface area contributed by atoms with Gasteiger partial charge >= 0.3 is 0 Å². The number of halogens is 2. The molecule has 2 N–H and O–H groups in total. The van der Waals surface area contributed by atoms with Gasteiger partial charge in [-0.3, -0.25) is 4.79 Å². The summed E-state index contributed by atoms with van der Waals surface area (Å²) in [6.45, 7) is 0.565. The predicted molar refractivity (Wildman–Crippen MR) is 113 cm³/mol. The van der Waals surface area contributed by atoms with Crippen LogP contribution in [0.3, 0.4) is 0 Å². The minimum Gasteiger partial charge on any atom is -0.352 e. The largest absolute Gasteiger partial charge is 0.352 e. The van der Waals surface area contributed by atoms with Gasteiger partial charge < -0.3 is 10.6 Å². The van der Waals surface area contributed by atoms with Crippen molar-refractivity contribution in [2.45, 2.75) is 50.7 Å². The van der Waals surface area contributed by atoms with E-state index in [4.69, 9.17) is 11.6 Å². The van der Waals surface area contributed by atoms with Crippen LogP contribution in [0.2, 0.25) is 5.02 Å². The second-order valence-corrected chi connectivity index (χ2v) is 8.06. The average molecular weight is 405 g/mol. The van der Waals surface area contributed by atoms with Crippen LogP contribution in [0.25, 0.3) is 11.1 Å². The van der Waals surface area contributed by atoms with Crippen LogP contribution >= 0.6 is 24.0 Å². The van der Waals surface area contributed by atoms with Crippen LogP contribution in [0.1, 0.15) is 37.7 Å². The molecule has 0 saturated carbocycles. The van der Waals surface area contributed by atoms with Gasteiger partial charge in [0, 0.05) is 30.1 Å². The molecule has 2 unspecified atom stereocenters. The molecule has 0 spiro atoms. The molecular weight excluding hydrogens is 379 g/mol. The summed E-state index contributed by atoms with van der Waals surface area (Å²) >= 11 is 6.00. The Morgan fingerprint density at radius 3 is 2.41 bits per heavy atom. The molecule has 2 aliphatic rings. The van der Waals surface area contributed by atoms with Crippen molar-refractivity contribution in [3.8, 4) is 11.1 Å². The van der Waals surface area contributed by atoms with Gasteiger partial charge in [-0.05, 0) is 60.4 Å². The molecule has 27 heavy (non-hydrogen) atoms. The summed E-state index contributed by atoms with van der Waals surface area (Å²) < 4.78 is 0. The molecule has 4 rings (SSSR count). The predicted octanol–water partition coefficient (Wildman–Crippen LogP) is 4.97. The second-order valence-electron chi connectivity index (χ2n) is 7.62. The quantitative estimate of drug-likeness (QED) is 0.738. The first-order chi connectivity index (χ1) is 12.7. The number of piperidine rings is 1. The van der Waals surface area contributed by atoms with E-state index < -0.39 is 0 Å². The molecular formula is C22H26Cl2N2O. The highest BCUT2D eigenvalue weighted by molar-refractivity contribution is 6.30. The van der Waals surface area contributed by atoms with Crippen LogP contribution in [0.4, 0.5) is 0 Å². The van der Waals surface area contributed by atoms with E-state index in [1.54, 1.807) is 0 Å². The summed E-state index contributed by atoms with van der Waals surface area (Å²) in [5.74, 6) is 0.697. The van der Waals surface area contributed by atoms with E-state index >= 15 is 0 Å². The second kappa shape index (κ2) is 9.09. The molecule has 0 radical (unpaired) electrons. The molecule has 0 aliphatic carbocycles. The minimum absolute atomic E-state index is 0. The Morgan fingerprint density at radius 1 is 1.04 bits per heavy atom. The van der Waals surface area contributed by atoms with E-state index in [1.165, 1.54) is 12.8 Å². The molecule has 2 fully saturated rings. The van der Waals surface area contributed by atoms with Crippen LogP contribution in [-0.2, 0) is 11.3 Å². The minimum atomic E-state index is 0. The van der Waals surface area contributed by atoms with Gasteiger partial charge in [-0.2, -0.15) is 0 Å². The van der Waals surface area contributed by atoms with E-state index in [-0.39, 0.29) is 18.3 Å². The van der Waals surface area contributed by atoms with E-state index in [0.717, 1.165) is 34.6 Å². The maximum atomic E-state index is 12.5. The van der Waals surface area contributed by atoms with Gasteiger partial charge in [-0.25, -0.2) is 0 Å². The molecule has 0 aromatic heterocycles. The number of nitrogens with one attached hydrogen (secondary N) is 2. The number of fused-ring (bicyclic) bond motifs is 2. The summed E-state index contributed by atoms with van der Waals surface area (Å²) in [5, 5.41) is 7.50. The van der Waals surface area contributed by atoms with Crippen molar-refractivity contribution in [3.05, 3.63) is 59.1 Å². The number of hydrogen-bond acceptors (Lipinski definition) is 2. The third-order valence-electron chi connectivity index (χ3n) is 5.69. The Morgan fingerprint density at radius 2 is 1.70 bits per heavy atom. The van der Waals surface area contributed by atoms with Crippen molar-refractivity contribution in [1.82, 2.24) is 10.6 Å². The highest BCUT2D eigenvalue weighted by atomic mass is 35.5. The van der Waals surface area contributed by atoms with Crippen LogP contribution in [0.5, 0.6) is 0 Å². The van der Waals surface area contributed by atoms with Crippen LogP contribution in [0.15, 0.2) is 48.5 Å². The molecule has 2 saturated heterocycles. The first kappa shape index (κ1) is 20.2. The topological polar surface area (TPSA) is 41.1 Å². The van der Waals surface area contributed by atoms with Gasteiger partial charge in [0.1, 0.15) is 0 Å². The van der Waals surface area contributed by atoms with E-state index in [2.05, 4.69) is 22.8 Å². The van der Waals surface area contributed by atoms with E-state index in [0.29, 0.717) is 31.0 Å². The lowest BCUT2D eigenvalue weighted by Gasteiger charge is -2.28. The van der Waals surface area contributed by atoms with Crippen molar-refractivity contribution in [1.29, 1.82) is 0 Å². The fourth-order valence-electron chi connectivity index (χ4n) is 4.46. The molecule has 2 aliphatic heterocycles. The zero-order chi connectivity index (χ0) is 17.9. The lowest BCUT2D eigenvalue weighted by atomic mass is 9.89. The fourth-order valence-corrected chi connectivity index (χ4v) is 4.58. The Hall–Kier alpha value is -1.55. The first-order valence-electron chi connectivity index (χ1n) is 9.54. The molecule has 2 heterocycles. The van der Waals surface area contributed by atoms with Gasteiger partial charge in [0.2, 0.25) is 5.91 Å². The lowest BCUT2D eigenvalue weighted by Crippen LogP contribution is -2.39.